The monoisotopic (exact) mass is 289 g/mol. The maximum atomic E-state index is 12.0. The lowest BCUT2D eigenvalue weighted by molar-refractivity contribution is -0.123. The molecule has 2 rings (SSSR count). The molecular weight excluding hydrogens is 274 g/mol. The van der Waals surface area contributed by atoms with Crippen LogP contribution in [0.5, 0.6) is 0 Å². The molecule has 1 fully saturated rings. The summed E-state index contributed by atoms with van der Waals surface area (Å²) in [6.45, 7) is 2.89. The van der Waals surface area contributed by atoms with Crippen molar-refractivity contribution in [1.29, 1.82) is 0 Å². The average Bonchev–Trinajstić information content (AvgIpc) is 2.95. The van der Waals surface area contributed by atoms with E-state index in [9.17, 15) is 9.90 Å². The van der Waals surface area contributed by atoms with Crippen LogP contribution in [0.4, 0.5) is 0 Å². The lowest BCUT2D eigenvalue weighted by atomic mass is 10.0. The van der Waals surface area contributed by atoms with Crippen LogP contribution in [0.3, 0.4) is 0 Å². The zero-order chi connectivity index (χ0) is 13.2. The van der Waals surface area contributed by atoms with Crippen molar-refractivity contribution >= 4 is 28.8 Å². The molecule has 1 aromatic rings. The number of hydrogen-bond acceptors (Lipinski definition) is 4. The number of aliphatic hydroxyl groups is 1. The van der Waals surface area contributed by atoms with Gasteiger partial charge in [0.1, 0.15) is 5.60 Å². The fourth-order valence-corrected chi connectivity index (χ4v) is 2.94. The predicted molar refractivity (Wildman–Crippen MR) is 71.1 cm³/mol. The molecule has 0 aliphatic carbocycles. The van der Waals surface area contributed by atoms with E-state index in [4.69, 9.17) is 16.3 Å². The first-order valence-electron chi connectivity index (χ1n) is 5.83. The van der Waals surface area contributed by atoms with Crippen molar-refractivity contribution in [2.45, 2.75) is 24.9 Å². The van der Waals surface area contributed by atoms with Gasteiger partial charge in [-0.05, 0) is 19.1 Å². The number of amides is 1. The van der Waals surface area contributed by atoms with Gasteiger partial charge in [0.05, 0.1) is 16.9 Å². The number of carbonyl (C=O) groups excluding carboxylic acids is 1. The van der Waals surface area contributed by atoms with Crippen LogP contribution < -0.4 is 5.32 Å². The van der Waals surface area contributed by atoms with E-state index in [-0.39, 0.29) is 25.0 Å². The fourth-order valence-electron chi connectivity index (χ4n) is 1.83. The van der Waals surface area contributed by atoms with E-state index in [1.807, 2.05) is 13.0 Å². The van der Waals surface area contributed by atoms with Gasteiger partial charge in [-0.25, -0.2) is 0 Å². The summed E-state index contributed by atoms with van der Waals surface area (Å²) in [5, 5.41) is 12.8. The second-order valence-electron chi connectivity index (χ2n) is 4.61. The molecule has 1 aromatic heterocycles. The first-order chi connectivity index (χ1) is 8.50. The van der Waals surface area contributed by atoms with Crippen LogP contribution in [-0.4, -0.2) is 36.4 Å². The first kappa shape index (κ1) is 13.8. The van der Waals surface area contributed by atoms with Crippen molar-refractivity contribution in [2.24, 2.45) is 0 Å². The predicted octanol–water partition coefficient (Wildman–Crippen LogP) is 1.77. The summed E-state index contributed by atoms with van der Waals surface area (Å²) in [5.41, 5.74) is -0.914. The third kappa shape index (κ3) is 3.23. The number of hydrogen-bond donors (Lipinski definition) is 2. The van der Waals surface area contributed by atoms with Crippen molar-refractivity contribution in [1.82, 2.24) is 5.32 Å². The smallest absolute Gasteiger partial charge is 0.228 e. The first-order valence-corrected chi connectivity index (χ1v) is 7.03. The lowest BCUT2D eigenvalue weighted by Gasteiger charge is -2.21. The minimum absolute atomic E-state index is 0.103. The molecule has 0 saturated carbocycles. The second kappa shape index (κ2) is 5.57. The van der Waals surface area contributed by atoms with Gasteiger partial charge in [0.15, 0.2) is 0 Å². The Bertz CT molecular complexity index is 429. The quantitative estimate of drug-likeness (QED) is 0.888. The summed E-state index contributed by atoms with van der Waals surface area (Å²) in [5.74, 6) is -0.359. The number of halogens is 1. The number of carbonyl (C=O) groups is 1. The van der Waals surface area contributed by atoms with E-state index in [1.54, 1.807) is 6.07 Å². The Morgan fingerprint density at radius 3 is 3.06 bits per heavy atom. The number of rotatable bonds is 4. The standard InChI is InChI=1S/C12H16ClNO3S/c1-8(9-2-3-10(13)18-9)11(15)14-6-12(16)4-5-17-7-12/h2-3,8,16H,4-7H2,1H3,(H,14,15)/t8-,12+/m1/s1. The van der Waals surface area contributed by atoms with E-state index >= 15 is 0 Å². The summed E-state index contributed by atoms with van der Waals surface area (Å²) < 4.78 is 5.80. The van der Waals surface area contributed by atoms with E-state index < -0.39 is 5.60 Å². The number of nitrogens with one attached hydrogen (secondary N) is 1. The normalized spacial score (nSPS) is 25.1. The van der Waals surface area contributed by atoms with Gasteiger partial charge in [0.2, 0.25) is 5.91 Å². The Labute approximate surface area is 115 Å². The molecule has 1 aliphatic heterocycles. The van der Waals surface area contributed by atoms with E-state index in [2.05, 4.69) is 5.32 Å². The van der Waals surface area contributed by atoms with Gasteiger partial charge in [-0.3, -0.25) is 4.79 Å². The third-order valence-corrected chi connectivity index (χ3v) is 4.50. The SMILES string of the molecule is C[C@@H](C(=O)NC[C@@]1(O)CCOC1)c1ccc(Cl)s1. The zero-order valence-electron chi connectivity index (χ0n) is 10.1. The molecule has 18 heavy (non-hydrogen) atoms. The highest BCUT2D eigenvalue weighted by Gasteiger charge is 2.33. The largest absolute Gasteiger partial charge is 0.386 e. The van der Waals surface area contributed by atoms with Crippen LogP contribution in [0.2, 0.25) is 4.34 Å². The fraction of sp³-hybridized carbons (Fsp3) is 0.583. The van der Waals surface area contributed by atoms with Crippen molar-refractivity contribution in [3.05, 3.63) is 21.3 Å². The number of ether oxygens (including phenoxy) is 1. The maximum Gasteiger partial charge on any atom is 0.228 e. The molecule has 4 nitrogen and oxygen atoms in total. The molecule has 1 amide bonds. The van der Waals surface area contributed by atoms with Gasteiger partial charge in [-0.1, -0.05) is 11.6 Å². The summed E-state index contributed by atoms with van der Waals surface area (Å²) >= 11 is 7.24. The van der Waals surface area contributed by atoms with Crippen LogP contribution in [0, 0.1) is 0 Å². The van der Waals surface area contributed by atoms with Gasteiger partial charge >= 0.3 is 0 Å². The maximum absolute atomic E-state index is 12.0. The van der Waals surface area contributed by atoms with Gasteiger partial charge < -0.3 is 15.2 Å². The molecule has 0 unspecified atom stereocenters. The summed E-state index contributed by atoms with van der Waals surface area (Å²) in [6, 6.07) is 3.63. The van der Waals surface area contributed by atoms with Crippen molar-refractivity contribution in [3.8, 4) is 0 Å². The molecule has 1 saturated heterocycles. The van der Waals surface area contributed by atoms with Gasteiger partial charge in [-0.15, -0.1) is 11.3 Å². The molecule has 6 heteroatoms. The molecule has 2 N–H and O–H groups in total. The minimum Gasteiger partial charge on any atom is -0.386 e. The molecule has 0 aromatic carbocycles. The van der Waals surface area contributed by atoms with E-state index in [0.29, 0.717) is 17.4 Å². The molecular formula is C12H16ClNO3S. The van der Waals surface area contributed by atoms with Crippen molar-refractivity contribution < 1.29 is 14.6 Å². The Hall–Kier alpha value is -0.620. The van der Waals surface area contributed by atoms with Crippen LogP contribution in [0.1, 0.15) is 24.1 Å². The Kier molecular flexibility index (Phi) is 4.27. The molecule has 0 bridgehead atoms. The van der Waals surface area contributed by atoms with E-state index in [0.717, 1.165) is 4.88 Å². The Balaban J connectivity index is 1.88. The molecule has 1 aliphatic rings. The van der Waals surface area contributed by atoms with Crippen LogP contribution in [0.15, 0.2) is 12.1 Å². The highest BCUT2D eigenvalue weighted by atomic mass is 35.5. The topological polar surface area (TPSA) is 58.6 Å². The van der Waals surface area contributed by atoms with Crippen LogP contribution >= 0.6 is 22.9 Å². The van der Waals surface area contributed by atoms with Crippen LogP contribution in [0.25, 0.3) is 0 Å². The highest BCUT2D eigenvalue weighted by molar-refractivity contribution is 7.16. The van der Waals surface area contributed by atoms with Gasteiger partial charge in [0, 0.05) is 24.4 Å². The lowest BCUT2D eigenvalue weighted by Crippen LogP contribution is -2.44. The van der Waals surface area contributed by atoms with Crippen molar-refractivity contribution in [2.75, 3.05) is 19.8 Å². The van der Waals surface area contributed by atoms with Crippen molar-refractivity contribution in [3.63, 3.8) is 0 Å². The van der Waals surface area contributed by atoms with Crippen LogP contribution in [-0.2, 0) is 9.53 Å². The number of thiophene rings is 1. The summed E-state index contributed by atoms with van der Waals surface area (Å²) in [7, 11) is 0. The molecule has 0 spiro atoms. The van der Waals surface area contributed by atoms with E-state index in [1.165, 1.54) is 11.3 Å². The molecule has 0 radical (unpaired) electrons. The Morgan fingerprint density at radius 1 is 1.72 bits per heavy atom. The third-order valence-electron chi connectivity index (χ3n) is 3.09. The molecule has 2 atom stereocenters. The average molecular weight is 290 g/mol. The summed E-state index contributed by atoms with van der Waals surface area (Å²) in [4.78, 5) is 12.9. The zero-order valence-corrected chi connectivity index (χ0v) is 11.7. The minimum atomic E-state index is -0.914. The van der Waals surface area contributed by atoms with Gasteiger partial charge in [0.25, 0.3) is 0 Å². The molecule has 100 valence electrons. The highest BCUT2D eigenvalue weighted by Crippen LogP contribution is 2.28. The second-order valence-corrected chi connectivity index (χ2v) is 6.35. The molecule has 2 heterocycles. The van der Waals surface area contributed by atoms with Gasteiger partial charge in [-0.2, -0.15) is 0 Å². The summed E-state index contributed by atoms with van der Waals surface area (Å²) in [6.07, 6.45) is 0.562. The Morgan fingerprint density at radius 2 is 2.50 bits per heavy atom.